The maximum atomic E-state index is 4.39. The Hall–Kier alpha value is -0.700. The Bertz CT molecular complexity index is 241. The van der Waals surface area contributed by atoms with Crippen molar-refractivity contribution in [2.75, 3.05) is 0 Å². The van der Waals surface area contributed by atoms with E-state index in [-0.39, 0.29) is 0 Å². The Kier molecular flexibility index (Phi) is 3.09. The lowest BCUT2D eigenvalue weighted by molar-refractivity contribution is 1.24. The van der Waals surface area contributed by atoms with Gasteiger partial charge < -0.3 is 0 Å². The molecule has 0 spiro atoms. The summed E-state index contributed by atoms with van der Waals surface area (Å²) in [7, 11) is 0. The number of aromatic nitrogens is 1. The second-order valence-corrected chi connectivity index (χ2v) is 2.48. The molecule has 0 N–H and O–H groups in total. The van der Waals surface area contributed by atoms with Crippen LogP contribution in [-0.4, -0.2) is 10.1 Å². The molecule has 0 aliphatic heterocycles. The number of hydrogen-bond donors (Lipinski definition) is 0. The first-order valence-corrected chi connectivity index (χ1v) is 3.76. The Balaban J connectivity index is 2.67. The molecule has 0 bridgehead atoms. The molecule has 0 unspecified atom stereocenters. The van der Waals surface area contributed by atoms with Gasteiger partial charge in [0.15, 0.2) is 0 Å². The van der Waals surface area contributed by atoms with Crippen molar-refractivity contribution in [2.24, 2.45) is 4.40 Å². The van der Waals surface area contributed by atoms with Gasteiger partial charge in [-0.05, 0) is 24.4 Å². The maximum Gasteiger partial charge on any atom is 0.0722 e. The number of nitrogens with zero attached hydrogens (tertiary/aromatic N) is 2. The number of hydrogen-bond acceptors (Lipinski definition) is 4. The van der Waals surface area contributed by atoms with E-state index < -0.39 is 0 Å². The highest BCUT2D eigenvalue weighted by Gasteiger charge is 1.86. The minimum Gasteiger partial charge on any atom is -0.263 e. The molecule has 50 valence electrons. The normalized spacial score (nSPS) is 8.40. The quantitative estimate of drug-likeness (QED) is 0.384. The molecule has 1 heterocycles. The molecule has 10 heavy (non-hydrogen) atoms. The molecule has 0 amide bonds. The SMILES string of the molecule is S=C=NSc1cccnc1. The standard InChI is InChI=1S/C6H4N2S2/c9-5-8-10-6-2-1-3-7-4-6/h1-4H. The summed E-state index contributed by atoms with van der Waals surface area (Å²) >= 11 is 5.66. The molecule has 1 aromatic heterocycles. The monoisotopic (exact) mass is 168 g/mol. The fourth-order valence-corrected chi connectivity index (χ4v) is 0.974. The third-order valence-electron chi connectivity index (χ3n) is 0.823. The zero-order chi connectivity index (χ0) is 7.23. The van der Waals surface area contributed by atoms with Gasteiger partial charge >= 0.3 is 0 Å². The smallest absolute Gasteiger partial charge is 0.0722 e. The van der Waals surface area contributed by atoms with E-state index in [0.29, 0.717) is 0 Å². The van der Waals surface area contributed by atoms with E-state index in [9.17, 15) is 0 Å². The average molecular weight is 168 g/mol. The third-order valence-corrected chi connectivity index (χ3v) is 1.66. The van der Waals surface area contributed by atoms with E-state index >= 15 is 0 Å². The van der Waals surface area contributed by atoms with Crippen molar-refractivity contribution in [3.8, 4) is 0 Å². The van der Waals surface area contributed by atoms with Gasteiger partial charge in [0.2, 0.25) is 0 Å². The van der Waals surface area contributed by atoms with Crippen molar-refractivity contribution in [3.05, 3.63) is 24.5 Å². The average Bonchev–Trinajstić information content (AvgIpc) is 2.03. The lowest BCUT2D eigenvalue weighted by atomic mass is 10.5. The Morgan fingerprint density at radius 1 is 1.70 bits per heavy atom. The van der Waals surface area contributed by atoms with Crippen molar-refractivity contribution in [2.45, 2.75) is 4.90 Å². The van der Waals surface area contributed by atoms with Crippen LogP contribution in [0, 0.1) is 0 Å². The van der Waals surface area contributed by atoms with Gasteiger partial charge in [-0.25, -0.2) is 0 Å². The number of pyridine rings is 1. The molecule has 1 aromatic rings. The molecule has 0 aliphatic carbocycles. The topological polar surface area (TPSA) is 25.2 Å². The van der Waals surface area contributed by atoms with E-state index in [0.717, 1.165) is 4.90 Å². The van der Waals surface area contributed by atoms with Gasteiger partial charge in [0.1, 0.15) is 0 Å². The third kappa shape index (κ3) is 2.27. The zero-order valence-corrected chi connectivity index (χ0v) is 6.65. The second-order valence-electron chi connectivity index (χ2n) is 1.46. The fraction of sp³-hybridized carbons (Fsp3) is 0. The van der Waals surface area contributed by atoms with E-state index in [4.69, 9.17) is 0 Å². The number of rotatable bonds is 2. The molecular formula is C6H4N2S2. The molecule has 0 radical (unpaired) electrons. The molecule has 0 saturated carbocycles. The van der Waals surface area contributed by atoms with Gasteiger partial charge in [0.05, 0.1) is 5.16 Å². The molecule has 1 rings (SSSR count). The molecule has 0 saturated heterocycles. The van der Waals surface area contributed by atoms with Crippen molar-refractivity contribution >= 4 is 29.3 Å². The van der Waals surface area contributed by atoms with Gasteiger partial charge in [-0.1, -0.05) is 0 Å². The van der Waals surface area contributed by atoms with E-state index in [1.54, 1.807) is 12.4 Å². The molecule has 0 aromatic carbocycles. The first kappa shape index (κ1) is 7.41. The molecule has 0 aliphatic rings. The largest absolute Gasteiger partial charge is 0.263 e. The van der Waals surface area contributed by atoms with Crippen molar-refractivity contribution in [3.63, 3.8) is 0 Å². The highest BCUT2D eigenvalue weighted by atomic mass is 32.2. The molecule has 0 fully saturated rings. The van der Waals surface area contributed by atoms with Gasteiger partial charge in [-0.2, -0.15) is 4.40 Å². The summed E-state index contributed by atoms with van der Waals surface area (Å²) in [6.07, 6.45) is 3.44. The van der Waals surface area contributed by atoms with Crippen LogP contribution in [0.4, 0.5) is 0 Å². The highest BCUT2D eigenvalue weighted by Crippen LogP contribution is 2.15. The van der Waals surface area contributed by atoms with Crippen LogP contribution in [0.3, 0.4) is 0 Å². The summed E-state index contributed by atoms with van der Waals surface area (Å²) in [5.41, 5.74) is 0. The van der Waals surface area contributed by atoms with Gasteiger partial charge in [-0.3, -0.25) is 4.98 Å². The van der Waals surface area contributed by atoms with E-state index in [1.807, 2.05) is 12.1 Å². The summed E-state index contributed by atoms with van der Waals surface area (Å²) in [4.78, 5) is 4.87. The predicted octanol–water partition coefficient (Wildman–Crippen LogP) is 2.19. The summed E-state index contributed by atoms with van der Waals surface area (Å²) in [6, 6.07) is 3.76. The molecule has 0 atom stereocenters. The molecule has 2 nitrogen and oxygen atoms in total. The van der Waals surface area contributed by atoms with Crippen LogP contribution in [-0.2, 0) is 0 Å². The number of isothiocyanates is 1. The minimum atomic E-state index is 0.972. The van der Waals surface area contributed by atoms with Crippen LogP contribution >= 0.6 is 24.2 Å². The van der Waals surface area contributed by atoms with Crippen LogP contribution in [0.5, 0.6) is 0 Å². The van der Waals surface area contributed by atoms with Crippen molar-refractivity contribution in [1.29, 1.82) is 0 Å². The van der Waals surface area contributed by atoms with E-state index in [1.165, 1.54) is 11.9 Å². The Morgan fingerprint density at radius 2 is 2.60 bits per heavy atom. The van der Waals surface area contributed by atoms with Crippen molar-refractivity contribution in [1.82, 2.24) is 4.98 Å². The lowest BCUT2D eigenvalue weighted by Crippen LogP contribution is -1.69. The number of thiocarbonyl (C=S) groups is 1. The summed E-state index contributed by atoms with van der Waals surface area (Å²) < 4.78 is 3.68. The summed E-state index contributed by atoms with van der Waals surface area (Å²) in [6.45, 7) is 0. The highest BCUT2D eigenvalue weighted by molar-refractivity contribution is 7.98. The summed E-state index contributed by atoms with van der Waals surface area (Å²) in [5.74, 6) is 0. The van der Waals surface area contributed by atoms with Gasteiger partial charge in [0, 0.05) is 29.2 Å². The molecular weight excluding hydrogens is 164 g/mol. The van der Waals surface area contributed by atoms with Crippen LogP contribution in [0.1, 0.15) is 0 Å². The van der Waals surface area contributed by atoms with Gasteiger partial charge in [0.25, 0.3) is 0 Å². The summed E-state index contributed by atoms with van der Waals surface area (Å²) in [5, 5.41) is 2.26. The zero-order valence-electron chi connectivity index (χ0n) is 5.02. The van der Waals surface area contributed by atoms with Gasteiger partial charge in [-0.15, -0.1) is 0 Å². The Labute approximate surface area is 68.5 Å². The van der Waals surface area contributed by atoms with E-state index in [2.05, 4.69) is 26.8 Å². The maximum absolute atomic E-state index is 4.39. The Morgan fingerprint density at radius 3 is 3.20 bits per heavy atom. The minimum absolute atomic E-state index is 0.972. The second kappa shape index (κ2) is 4.17. The fourth-order valence-electron chi connectivity index (χ4n) is 0.472. The predicted molar refractivity (Wildman–Crippen MR) is 45.1 cm³/mol. The van der Waals surface area contributed by atoms with Crippen LogP contribution < -0.4 is 0 Å². The van der Waals surface area contributed by atoms with Crippen LogP contribution in [0.15, 0.2) is 33.8 Å². The molecule has 4 heteroatoms. The van der Waals surface area contributed by atoms with Crippen LogP contribution in [0.2, 0.25) is 0 Å². The van der Waals surface area contributed by atoms with Crippen LogP contribution in [0.25, 0.3) is 0 Å². The first-order valence-electron chi connectivity index (χ1n) is 2.57. The van der Waals surface area contributed by atoms with Crippen molar-refractivity contribution < 1.29 is 0 Å². The first-order chi connectivity index (χ1) is 4.93. The lowest BCUT2D eigenvalue weighted by Gasteiger charge is -1.88.